The van der Waals surface area contributed by atoms with Gasteiger partial charge in [0, 0.05) is 42.2 Å². The predicted octanol–water partition coefficient (Wildman–Crippen LogP) is 3.31. The number of carbonyl (C=O) groups is 1. The van der Waals surface area contributed by atoms with E-state index in [0.29, 0.717) is 35.1 Å². The molecule has 1 saturated carbocycles. The van der Waals surface area contributed by atoms with Gasteiger partial charge in [-0.2, -0.15) is 0 Å². The fourth-order valence-corrected chi connectivity index (χ4v) is 5.04. The van der Waals surface area contributed by atoms with Crippen LogP contribution in [0.1, 0.15) is 46.9 Å². The number of aryl methyl sites for hydroxylation is 1. The van der Waals surface area contributed by atoms with Gasteiger partial charge in [0.15, 0.2) is 11.5 Å². The van der Waals surface area contributed by atoms with Gasteiger partial charge in [0.05, 0.1) is 22.6 Å². The molecule has 1 saturated heterocycles. The second-order valence-electron chi connectivity index (χ2n) is 8.77. The van der Waals surface area contributed by atoms with Gasteiger partial charge in [0.25, 0.3) is 5.91 Å². The number of nitrogens with two attached hydrogens (primary N) is 1. The Kier molecular flexibility index (Phi) is 4.97. The molecule has 0 bridgehead atoms. The molecule has 1 aliphatic carbocycles. The third-order valence-corrected chi connectivity index (χ3v) is 6.73. The lowest BCUT2D eigenvalue weighted by Gasteiger charge is -2.26. The molecule has 0 radical (unpaired) electrons. The summed E-state index contributed by atoms with van der Waals surface area (Å²) in [5.74, 6) is -0.289. The van der Waals surface area contributed by atoms with Crippen LogP contribution in [0, 0.1) is 18.7 Å². The van der Waals surface area contributed by atoms with E-state index in [4.69, 9.17) is 5.73 Å². The van der Waals surface area contributed by atoms with Crippen molar-refractivity contribution in [3.05, 3.63) is 58.8 Å². The van der Waals surface area contributed by atoms with Gasteiger partial charge in [0.2, 0.25) is 0 Å². The fourth-order valence-electron chi connectivity index (χ4n) is 5.04. The Labute approximate surface area is 185 Å². The molecule has 2 aromatic heterocycles. The number of nitrogen functional groups attached to an aromatic ring is 1. The first-order valence-corrected chi connectivity index (χ1v) is 11.0. The van der Waals surface area contributed by atoms with E-state index < -0.39 is 5.82 Å². The summed E-state index contributed by atoms with van der Waals surface area (Å²) in [4.78, 5) is 21.7. The van der Waals surface area contributed by atoms with Gasteiger partial charge in [-0.05, 0) is 57.3 Å². The SMILES string of the molecule is CCN=Cc1c(C23CCNCC2C3)ccc(C(=O)Nc2cc(F)c3nc(C)cn3c2)c1N. The van der Waals surface area contributed by atoms with Crippen molar-refractivity contribution in [1.29, 1.82) is 0 Å². The summed E-state index contributed by atoms with van der Waals surface area (Å²) < 4.78 is 16.0. The number of aliphatic imine (C=N–C) groups is 1. The summed E-state index contributed by atoms with van der Waals surface area (Å²) in [5, 5.41) is 6.24. The van der Waals surface area contributed by atoms with E-state index in [0.717, 1.165) is 31.5 Å². The Morgan fingerprint density at radius 2 is 2.31 bits per heavy atom. The van der Waals surface area contributed by atoms with Crippen LogP contribution in [-0.4, -0.2) is 41.1 Å². The van der Waals surface area contributed by atoms with Crippen LogP contribution < -0.4 is 16.4 Å². The molecule has 2 fully saturated rings. The Morgan fingerprint density at radius 3 is 3.09 bits per heavy atom. The van der Waals surface area contributed by atoms with Crippen LogP contribution >= 0.6 is 0 Å². The minimum absolute atomic E-state index is 0.122. The highest BCUT2D eigenvalue weighted by molar-refractivity contribution is 6.10. The molecule has 7 nitrogen and oxygen atoms in total. The number of nitrogens with one attached hydrogen (secondary N) is 2. The van der Waals surface area contributed by atoms with E-state index >= 15 is 0 Å². The van der Waals surface area contributed by atoms with E-state index in [2.05, 4.69) is 20.6 Å². The Morgan fingerprint density at radius 1 is 1.47 bits per heavy atom. The molecule has 2 aliphatic rings. The average Bonchev–Trinajstić information content (AvgIpc) is 3.39. The summed E-state index contributed by atoms with van der Waals surface area (Å²) in [6.45, 7) is 6.38. The van der Waals surface area contributed by atoms with Crippen LogP contribution in [0.15, 0.2) is 35.6 Å². The first kappa shape index (κ1) is 20.6. The van der Waals surface area contributed by atoms with Crippen molar-refractivity contribution in [3.63, 3.8) is 0 Å². The number of fused-ring (bicyclic) bond motifs is 2. The van der Waals surface area contributed by atoms with Crippen molar-refractivity contribution in [1.82, 2.24) is 14.7 Å². The van der Waals surface area contributed by atoms with E-state index in [1.54, 1.807) is 36.0 Å². The molecule has 2 atom stereocenters. The highest BCUT2D eigenvalue weighted by atomic mass is 19.1. The standard InChI is InChI=1S/C24H27FN6O/c1-3-27-11-18-19(24-6-7-28-10-15(24)9-24)5-4-17(21(18)26)23(32)30-16-8-20(25)22-29-14(2)12-31(22)13-16/h4-5,8,11-13,15,28H,3,6-7,9-10,26H2,1-2H3,(H,30,32). The molecule has 32 heavy (non-hydrogen) atoms. The molecule has 2 unspecified atom stereocenters. The summed E-state index contributed by atoms with van der Waals surface area (Å²) >= 11 is 0. The molecule has 1 aliphatic heterocycles. The van der Waals surface area contributed by atoms with Gasteiger partial charge >= 0.3 is 0 Å². The number of piperidine rings is 1. The van der Waals surface area contributed by atoms with Crippen molar-refractivity contribution < 1.29 is 9.18 Å². The lowest BCUT2D eigenvalue weighted by Crippen LogP contribution is -2.32. The number of rotatable bonds is 5. The Hall–Kier alpha value is -3.26. The summed E-state index contributed by atoms with van der Waals surface area (Å²) in [6, 6.07) is 5.08. The van der Waals surface area contributed by atoms with Gasteiger partial charge in [-0.15, -0.1) is 0 Å². The smallest absolute Gasteiger partial charge is 0.257 e. The molecule has 0 spiro atoms. The molecule has 4 N–H and O–H groups in total. The molecule has 5 rings (SSSR count). The number of imidazole rings is 1. The second kappa shape index (κ2) is 7.70. The lowest BCUT2D eigenvalue weighted by atomic mass is 9.83. The molecule has 8 heteroatoms. The Balaban J connectivity index is 1.49. The highest BCUT2D eigenvalue weighted by Crippen LogP contribution is 2.59. The molecule has 166 valence electrons. The van der Waals surface area contributed by atoms with Crippen LogP contribution in [0.5, 0.6) is 0 Å². The zero-order valence-corrected chi connectivity index (χ0v) is 18.3. The van der Waals surface area contributed by atoms with Gasteiger partial charge in [0.1, 0.15) is 0 Å². The zero-order chi connectivity index (χ0) is 22.5. The number of amides is 1. The number of hydrogen-bond donors (Lipinski definition) is 3. The van der Waals surface area contributed by atoms with Gasteiger partial charge in [-0.1, -0.05) is 6.07 Å². The van der Waals surface area contributed by atoms with E-state index in [1.807, 2.05) is 13.0 Å². The quantitative estimate of drug-likeness (QED) is 0.424. The number of carbonyl (C=O) groups excluding carboxylic acids is 1. The third-order valence-electron chi connectivity index (χ3n) is 6.73. The van der Waals surface area contributed by atoms with Crippen molar-refractivity contribution >= 4 is 29.1 Å². The average molecular weight is 435 g/mol. The largest absolute Gasteiger partial charge is 0.398 e. The van der Waals surface area contributed by atoms with E-state index in [1.165, 1.54) is 11.6 Å². The Bertz CT molecular complexity index is 1250. The van der Waals surface area contributed by atoms with Crippen LogP contribution in [0.2, 0.25) is 0 Å². The number of anilines is 2. The third kappa shape index (κ3) is 3.35. The number of hydrogen-bond acceptors (Lipinski definition) is 5. The van der Waals surface area contributed by atoms with Crippen molar-refractivity contribution in [2.24, 2.45) is 10.9 Å². The van der Waals surface area contributed by atoms with Crippen molar-refractivity contribution in [2.45, 2.75) is 32.1 Å². The van der Waals surface area contributed by atoms with Crippen molar-refractivity contribution in [2.75, 3.05) is 30.7 Å². The number of benzene rings is 1. The summed E-state index contributed by atoms with van der Waals surface area (Å²) in [6.07, 6.45) is 7.33. The minimum atomic E-state index is -0.500. The molecular weight excluding hydrogens is 407 g/mol. The highest BCUT2D eigenvalue weighted by Gasteiger charge is 2.56. The number of pyridine rings is 1. The topological polar surface area (TPSA) is 96.8 Å². The second-order valence-corrected chi connectivity index (χ2v) is 8.77. The number of halogens is 1. The monoisotopic (exact) mass is 434 g/mol. The minimum Gasteiger partial charge on any atom is -0.398 e. The van der Waals surface area contributed by atoms with Gasteiger partial charge in [-0.25, -0.2) is 9.37 Å². The first-order chi connectivity index (χ1) is 15.4. The number of aromatic nitrogens is 2. The number of nitrogens with zero attached hydrogens (tertiary/aromatic N) is 3. The van der Waals surface area contributed by atoms with Crippen LogP contribution in [-0.2, 0) is 5.41 Å². The lowest BCUT2D eigenvalue weighted by molar-refractivity contribution is 0.102. The van der Waals surface area contributed by atoms with Crippen LogP contribution in [0.25, 0.3) is 5.65 Å². The van der Waals surface area contributed by atoms with Crippen LogP contribution in [0.3, 0.4) is 0 Å². The first-order valence-electron chi connectivity index (χ1n) is 11.0. The molecule has 3 aromatic rings. The van der Waals surface area contributed by atoms with E-state index in [-0.39, 0.29) is 17.0 Å². The van der Waals surface area contributed by atoms with Crippen molar-refractivity contribution in [3.8, 4) is 0 Å². The zero-order valence-electron chi connectivity index (χ0n) is 18.3. The predicted molar refractivity (Wildman–Crippen MR) is 124 cm³/mol. The molecule has 1 aromatic carbocycles. The maximum atomic E-state index is 14.4. The van der Waals surface area contributed by atoms with Gasteiger partial charge in [-0.3, -0.25) is 9.79 Å². The molecule has 3 heterocycles. The fraction of sp³-hybridized carbons (Fsp3) is 0.375. The van der Waals surface area contributed by atoms with E-state index in [9.17, 15) is 9.18 Å². The van der Waals surface area contributed by atoms with Gasteiger partial charge < -0.3 is 20.8 Å². The summed E-state index contributed by atoms with van der Waals surface area (Å²) in [7, 11) is 0. The maximum absolute atomic E-state index is 14.4. The molecule has 1 amide bonds. The molecular formula is C24H27FN6O. The normalized spacial score (nSPS) is 22.3. The summed E-state index contributed by atoms with van der Waals surface area (Å²) in [5.41, 5.74) is 10.7. The maximum Gasteiger partial charge on any atom is 0.257 e. The van der Waals surface area contributed by atoms with Crippen LogP contribution in [0.4, 0.5) is 15.8 Å².